The first-order chi connectivity index (χ1) is 18.1. The van der Waals surface area contributed by atoms with Crippen LogP contribution in [0.1, 0.15) is 49.5 Å². The standard InChI is InChI=1S/C27H24ClF2N5O3/c1-27(2,37)26-31-8-7-19(34-26)20-11-22-15(12-32-20)5-3-4-6-17-10-23(24(28)25(36)35(17)22)38-14-21-18(30)9-16(29)13-33-21/h7-13,37H,3-6,14H2,1-2H3. The number of ether oxygens (including phenoxy) is 1. The first-order valence-electron chi connectivity index (χ1n) is 12.0. The number of hydrogen-bond acceptors (Lipinski definition) is 7. The lowest BCUT2D eigenvalue weighted by Crippen LogP contribution is -2.25. The van der Waals surface area contributed by atoms with E-state index in [9.17, 15) is 18.7 Å². The Morgan fingerprint density at radius 2 is 1.87 bits per heavy atom. The number of nitrogens with zero attached hydrogens (tertiary/aromatic N) is 5. The Morgan fingerprint density at radius 3 is 2.63 bits per heavy atom. The summed E-state index contributed by atoms with van der Waals surface area (Å²) in [5, 5.41) is 10.2. The number of aryl methyl sites for hydroxylation is 2. The van der Waals surface area contributed by atoms with Crippen molar-refractivity contribution in [1.82, 2.24) is 24.5 Å². The summed E-state index contributed by atoms with van der Waals surface area (Å²) in [6, 6.07) is 5.84. The van der Waals surface area contributed by atoms with Gasteiger partial charge < -0.3 is 9.84 Å². The van der Waals surface area contributed by atoms with Gasteiger partial charge in [-0.3, -0.25) is 19.3 Å². The molecule has 11 heteroatoms. The monoisotopic (exact) mass is 539 g/mol. The van der Waals surface area contributed by atoms with Gasteiger partial charge in [0.25, 0.3) is 5.56 Å². The number of aromatic nitrogens is 5. The predicted molar refractivity (Wildman–Crippen MR) is 136 cm³/mol. The smallest absolute Gasteiger partial charge is 0.277 e. The minimum Gasteiger partial charge on any atom is -0.485 e. The van der Waals surface area contributed by atoms with E-state index >= 15 is 0 Å². The fourth-order valence-electron chi connectivity index (χ4n) is 4.29. The molecule has 5 heterocycles. The molecule has 0 aliphatic carbocycles. The summed E-state index contributed by atoms with van der Waals surface area (Å²) < 4.78 is 34.4. The van der Waals surface area contributed by atoms with E-state index < -0.39 is 22.8 Å². The van der Waals surface area contributed by atoms with Crippen molar-refractivity contribution in [3.63, 3.8) is 0 Å². The Kier molecular flexibility index (Phi) is 6.93. The Hall–Kier alpha value is -3.76. The van der Waals surface area contributed by atoms with Crippen molar-refractivity contribution in [3.8, 4) is 22.8 Å². The van der Waals surface area contributed by atoms with Gasteiger partial charge in [-0.2, -0.15) is 0 Å². The van der Waals surface area contributed by atoms with Crippen LogP contribution < -0.4 is 10.3 Å². The van der Waals surface area contributed by atoms with Gasteiger partial charge in [0.05, 0.1) is 23.3 Å². The van der Waals surface area contributed by atoms with Crippen LogP contribution in [0.5, 0.6) is 5.75 Å². The van der Waals surface area contributed by atoms with Crippen molar-refractivity contribution < 1.29 is 18.6 Å². The molecule has 1 N–H and O–H groups in total. The molecule has 5 rings (SSSR count). The second-order valence-corrected chi connectivity index (χ2v) is 9.93. The van der Waals surface area contributed by atoms with Crippen LogP contribution in [-0.4, -0.2) is 29.6 Å². The van der Waals surface area contributed by atoms with Crippen molar-refractivity contribution in [2.45, 2.75) is 51.7 Å². The van der Waals surface area contributed by atoms with Crippen LogP contribution in [0.4, 0.5) is 8.78 Å². The second-order valence-electron chi connectivity index (χ2n) is 9.56. The molecular weight excluding hydrogens is 516 g/mol. The summed E-state index contributed by atoms with van der Waals surface area (Å²) in [7, 11) is 0. The molecule has 4 aromatic rings. The fourth-order valence-corrected chi connectivity index (χ4v) is 4.49. The number of aliphatic hydroxyl groups is 1. The lowest BCUT2D eigenvalue weighted by atomic mass is 10.0. The maximum atomic E-state index is 14.0. The quantitative estimate of drug-likeness (QED) is 0.392. The highest BCUT2D eigenvalue weighted by Gasteiger charge is 2.23. The molecule has 4 aromatic heterocycles. The molecule has 0 unspecified atom stereocenters. The lowest BCUT2D eigenvalue weighted by Gasteiger charge is -2.22. The molecular formula is C27H24ClF2N5O3. The van der Waals surface area contributed by atoms with Crippen molar-refractivity contribution >= 4 is 11.6 Å². The molecule has 0 saturated carbocycles. The van der Waals surface area contributed by atoms with Crippen LogP contribution in [-0.2, 0) is 25.0 Å². The number of pyridine rings is 3. The molecule has 8 nitrogen and oxygen atoms in total. The summed E-state index contributed by atoms with van der Waals surface area (Å²) in [5.41, 5.74) is 1.33. The Balaban J connectivity index is 1.57. The van der Waals surface area contributed by atoms with Crippen molar-refractivity contribution in [2.24, 2.45) is 0 Å². The molecule has 1 aliphatic rings. The van der Waals surface area contributed by atoms with Gasteiger partial charge in [0, 0.05) is 30.2 Å². The summed E-state index contributed by atoms with van der Waals surface area (Å²) >= 11 is 6.45. The zero-order valence-corrected chi connectivity index (χ0v) is 21.5. The lowest BCUT2D eigenvalue weighted by molar-refractivity contribution is 0.0688. The molecule has 0 aromatic carbocycles. The zero-order valence-electron chi connectivity index (χ0n) is 20.7. The molecule has 196 valence electrons. The number of halogens is 3. The third-order valence-corrected chi connectivity index (χ3v) is 6.59. The number of hydrogen-bond donors (Lipinski definition) is 1. The number of rotatable bonds is 5. The summed E-state index contributed by atoms with van der Waals surface area (Å²) in [6.07, 6.45) is 7.16. The van der Waals surface area contributed by atoms with Crippen LogP contribution in [0.2, 0.25) is 5.02 Å². The Morgan fingerprint density at radius 1 is 1.08 bits per heavy atom. The predicted octanol–water partition coefficient (Wildman–Crippen LogP) is 4.70. The van der Waals surface area contributed by atoms with Crippen LogP contribution in [0.3, 0.4) is 0 Å². The van der Waals surface area contributed by atoms with Crippen LogP contribution >= 0.6 is 11.6 Å². The number of fused-ring (bicyclic) bond motifs is 3. The highest BCUT2D eigenvalue weighted by atomic mass is 35.5. The molecule has 38 heavy (non-hydrogen) atoms. The van der Waals surface area contributed by atoms with Crippen molar-refractivity contribution in [1.29, 1.82) is 0 Å². The van der Waals surface area contributed by atoms with Gasteiger partial charge in [0.1, 0.15) is 34.5 Å². The molecule has 0 atom stereocenters. The second kappa shape index (κ2) is 10.2. The third kappa shape index (κ3) is 5.14. The maximum absolute atomic E-state index is 14.0. The summed E-state index contributed by atoms with van der Waals surface area (Å²) in [4.78, 5) is 30.4. The van der Waals surface area contributed by atoms with Crippen molar-refractivity contribution in [2.75, 3.05) is 0 Å². The minimum absolute atomic E-state index is 0.0930. The van der Waals surface area contributed by atoms with Gasteiger partial charge in [-0.05, 0) is 57.2 Å². The van der Waals surface area contributed by atoms with Gasteiger partial charge >= 0.3 is 0 Å². The van der Waals surface area contributed by atoms with E-state index in [-0.39, 0.29) is 28.9 Å². The Labute approximate surface area is 222 Å². The summed E-state index contributed by atoms with van der Waals surface area (Å²) in [5.74, 6) is -1.31. The van der Waals surface area contributed by atoms with E-state index in [2.05, 4.69) is 19.9 Å². The fraction of sp³-hybridized carbons (Fsp3) is 0.296. The summed E-state index contributed by atoms with van der Waals surface area (Å²) in [6.45, 7) is 2.87. The minimum atomic E-state index is -1.24. The first kappa shape index (κ1) is 25.9. The SMILES string of the molecule is CC(C)(O)c1nccc(-c2cc3c(cn2)CCCCc2cc(OCc4ncc(F)cc4F)c(Cl)c(=O)n2-3)n1. The third-order valence-electron chi connectivity index (χ3n) is 6.24. The van der Waals surface area contributed by atoms with Gasteiger partial charge in [-0.1, -0.05) is 11.6 Å². The van der Waals surface area contributed by atoms with Crippen LogP contribution in [0.25, 0.3) is 17.1 Å². The topological polar surface area (TPSA) is 103 Å². The van der Waals surface area contributed by atoms with Gasteiger partial charge in [0.15, 0.2) is 11.6 Å². The molecule has 0 fully saturated rings. The van der Waals surface area contributed by atoms with Gasteiger partial charge in [-0.15, -0.1) is 0 Å². The highest BCUT2D eigenvalue weighted by molar-refractivity contribution is 6.31. The van der Waals surface area contributed by atoms with E-state index in [4.69, 9.17) is 16.3 Å². The maximum Gasteiger partial charge on any atom is 0.277 e. The van der Waals surface area contributed by atoms with E-state index in [1.807, 2.05) is 0 Å². The molecule has 0 spiro atoms. The molecule has 0 radical (unpaired) electrons. The zero-order chi connectivity index (χ0) is 27.0. The van der Waals surface area contributed by atoms with Crippen molar-refractivity contribution in [3.05, 3.63) is 92.6 Å². The highest BCUT2D eigenvalue weighted by Crippen LogP contribution is 2.30. The van der Waals surface area contributed by atoms with Crippen LogP contribution in [0.15, 0.2) is 47.7 Å². The van der Waals surface area contributed by atoms with E-state index in [0.29, 0.717) is 35.3 Å². The van der Waals surface area contributed by atoms with Crippen LogP contribution in [0, 0.1) is 11.6 Å². The Bertz CT molecular complexity index is 1590. The average molecular weight is 540 g/mol. The normalized spacial score (nSPS) is 13.3. The molecule has 0 saturated heterocycles. The largest absolute Gasteiger partial charge is 0.485 e. The van der Waals surface area contributed by atoms with E-state index in [1.54, 1.807) is 49.0 Å². The van der Waals surface area contributed by atoms with E-state index in [1.165, 1.54) is 0 Å². The van der Waals surface area contributed by atoms with Gasteiger partial charge in [-0.25, -0.2) is 18.7 Å². The molecule has 1 aliphatic heterocycles. The van der Waals surface area contributed by atoms with Gasteiger partial charge in [0.2, 0.25) is 0 Å². The molecule has 0 amide bonds. The first-order valence-corrected chi connectivity index (χ1v) is 12.4. The molecule has 0 bridgehead atoms. The average Bonchev–Trinajstić information content (AvgIpc) is 2.87. The van der Waals surface area contributed by atoms with E-state index in [0.717, 1.165) is 31.0 Å².